The van der Waals surface area contributed by atoms with E-state index in [4.69, 9.17) is 9.40 Å². The molecule has 4 aromatic carbocycles. The van der Waals surface area contributed by atoms with Crippen molar-refractivity contribution in [3.8, 4) is 22.4 Å². The molecule has 2 heterocycles. The largest absolute Gasteiger partial charge is 0.455 e. The molecule has 2 nitrogen and oxygen atoms in total. The maximum Gasteiger partial charge on any atom is 0.144 e. The summed E-state index contributed by atoms with van der Waals surface area (Å²) in [7, 11) is 0. The maximum atomic E-state index is 6.42. The topological polar surface area (TPSA) is 26.0 Å². The van der Waals surface area contributed by atoms with Crippen molar-refractivity contribution in [3.05, 3.63) is 127 Å². The zero-order chi connectivity index (χ0) is 23.1. The van der Waals surface area contributed by atoms with Crippen LogP contribution >= 0.6 is 0 Å². The molecule has 6 rings (SSSR count). The summed E-state index contributed by atoms with van der Waals surface area (Å²) in [5, 5.41) is 2.25. The molecule has 0 fully saturated rings. The van der Waals surface area contributed by atoms with Crippen molar-refractivity contribution in [3.63, 3.8) is 0 Å². The van der Waals surface area contributed by atoms with Crippen LogP contribution in [0.5, 0.6) is 0 Å². The van der Waals surface area contributed by atoms with Crippen LogP contribution in [0.25, 0.3) is 44.3 Å². The molecule has 2 aromatic heterocycles. The van der Waals surface area contributed by atoms with Gasteiger partial charge in [-0.3, -0.25) is 4.98 Å². The predicted molar refractivity (Wildman–Crippen MR) is 141 cm³/mol. The summed E-state index contributed by atoms with van der Waals surface area (Å²) in [5.74, 6) is 0. The molecule has 0 saturated heterocycles. The molecule has 0 saturated carbocycles. The van der Waals surface area contributed by atoms with E-state index in [1.165, 1.54) is 16.7 Å². The zero-order valence-corrected chi connectivity index (χ0v) is 19.3. The van der Waals surface area contributed by atoms with E-state index in [9.17, 15) is 0 Å². The van der Waals surface area contributed by atoms with Crippen molar-refractivity contribution < 1.29 is 4.42 Å². The monoisotopic (exact) mass is 439 g/mol. The van der Waals surface area contributed by atoms with Gasteiger partial charge in [-0.1, -0.05) is 92.7 Å². The Hall–Kier alpha value is -4.17. The summed E-state index contributed by atoms with van der Waals surface area (Å²) in [5.41, 5.74) is 8.47. The Morgan fingerprint density at radius 1 is 0.618 bits per heavy atom. The number of furan rings is 1. The second-order valence-corrected chi connectivity index (χ2v) is 9.28. The molecule has 0 bridgehead atoms. The number of rotatable bonds is 4. The Morgan fingerprint density at radius 3 is 2.18 bits per heavy atom. The van der Waals surface area contributed by atoms with E-state index < -0.39 is 0 Å². The van der Waals surface area contributed by atoms with Crippen molar-refractivity contribution in [1.29, 1.82) is 0 Å². The van der Waals surface area contributed by atoms with Crippen LogP contribution in [0.1, 0.15) is 25.0 Å². The number of aromatic nitrogens is 1. The fraction of sp³-hybridized carbons (Fsp3) is 0.0938. The Kier molecular flexibility index (Phi) is 4.81. The van der Waals surface area contributed by atoms with Crippen molar-refractivity contribution in [1.82, 2.24) is 4.98 Å². The van der Waals surface area contributed by atoms with E-state index in [1.54, 1.807) is 0 Å². The van der Waals surface area contributed by atoms with Gasteiger partial charge in [0.15, 0.2) is 0 Å². The number of fused-ring (bicyclic) bond motifs is 3. The normalized spacial score (nSPS) is 11.8. The quantitative estimate of drug-likeness (QED) is 0.275. The predicted octanol–water partition coefficient (Wildman–Crippen LogP) is 8.64. The van der Waals surface area contributed by atoms with Crippen LogP contribution in [0.3, 0.4) is 0 Å². The number of benzene rings is 4. The summed E-state index contributed by atoms with van der Waals surface area (Å²) < 4.78 is 6.42. The van der Waals surface area contributed by atoms with Gasteiger partial charge in [0, 0.05) is 27.9 Å². The highest BCUT2D eigenvalue weighted by molar-refractivity contribution is 6.09. The van der Waals surface area contributed by atoms with Gasteiger partial charge in [0.05, 0.1) is 5.69 Å². The minimum Gasteiger partial charge on any atom is -0.455 e. The van der Waals surface area contributed by atoms with Crippen LogP contribution in [-0.2, 0) is 5.41 Å². The first-order valence-electron chi connectivity index (χ1n) is 11.6. The third-order valence-corrected chi connectivity index (χ3v) is 6.86. The average Bonchev–Trinajstić information content (AvgIpc) is 3.28. The van der Waals surface area contributed by atoms with E-state index in [-0.39, 0.29) is 5.41 Å². The van der Waals surface area contributed by atoms with Crippen LogP contribution in [0.2, 0.25) is 0 Å². The van der Waals surface area contributed by atoms with Crippen molar-refractivity contribution in [2.45, 2.75) is 19.3 Å². The van der Waals surface area contributed by atoms with Gasteiger partial charge in [0.25, 0.3) is 0 Å². The lowest BCUT2D eigenvalue weighted by Crippen LogP contribution is -2.18. The second kappa shape index (κ2) is 8.00. The molecule has 34 heavy (non-hydrogen) atoms. The van der Waals surface area contributed by atoms with Crippen molar-refractivity contribution >= 4 is 21.9 Å². The summed E-state index contributed by atoms with van der Waals surface area (Å²) in [6, 6.07) is 38.2. The smallest absolute Gasteiger partial charge is 0.144 e. The lowest BCUT2D eigenvalue weighted by Gasteiger charge is -2.26. The number of para-hydroxylation sites is 1. The lowest BCUT2D eigenvalue weighted by molar-refractivity contribution is 0.639. The summed E-state index contributed by atoms with van der Waals surface area (Å²) in [6.07, 6.45) is 1.87. The van der Waals surface area contributed by atoms with E-state index in [0.717, 1.165) is 38.8 Å². The molecule has 0 N–H and O–H groups in total. The van der Waals surface area contributed by atoms with Gasteiger partial charge in [0.2, 0.25) is 0 Å². The molecule has 0 aliphatic heterocycles. The Balaban J connectivity index is 1.49. The fourth-order valence-electron chi connectivity index (χ4n) is 4.80. The van der Waals surface area contributed by atoms with Crippen LogP contribution in [0.15, 0.2) is 120 Å². The Morgan fingerprint density at radius 2 is 1.38 bits per heavy atom. The molecule has 0 unspecified atom stereocenters. The van der Waals surface area contributed by atoms with Gasteiger partial charge in [-0.15, -0.1) is 0 Å². The van der Waals surface area contributed by atoms with E-state index in [0.29, 0.717) is 0 Å². The number of nitrogens with zero attached hydrogens (tertiary/aromatic N) is 1. The standard InChI is InChI=1S/C32H25NO/c1-32(2,24-12-7-4-8-13-24)25-16-17-30-28(21-25)26-14-9-15-27(31(26)34-30)29-20-23(18-19-33-29)22-10-5-3-6-11-22/h3-21H,1-2H3. The molecule has 0 atom stereocenters. The Labute approximate surface area is 199 Å². The number of hydrogen-bond acceptors (Lipinski definition) is 2. The molecule has 0 amide bonds. The number of hydrogen-bond donors (Lipinski definition) is 0. The Bertz CT molecular complexity index is 1610. The SMILES string of the molecule is CC(C)(c1ccccc1)c1ccc2oc3c(-c4cc(-c5ccccc5)ccn4)cccc3c2c1. The lowest BCUT2D eigenvalue weighted by atomic mass is 9.78. The summed E-state index contributed by atoms with van der Waals surface area (Å²) in [4.78, 5) is 4.69. The van der Waals surface area contributed by atoms with Crippen molar-refractivity contribution in [2.75, 3.05) is 0 Å². The fourth-order valence-corrected chi connectivity index (χ4v) is 4.80. The molecule has 164 valence electrons. The minimum absolute atomic E-state index is 0.109. The van der Waals surface area contributed by atoms with Crippen LogP contribution < -0.4 is 0 Å². The van der Waals surface area contributed by atoms with Crippen LogP contribution in [0, 0.1) is 0 Å². The van der Waals surface area contributed by atoms with Gasteiger partial charge >= 0.3 is 0 Å². The van der Waals surface area contributed by atoms with Gasteiger partial charge in [0.1, 0.15) is 11.2 Å². The molecule has 2 heteroatoms. The average molecular weight is 440 g/mol. The van der Waals surface area contributed by atoms with Crippen LogP contribution in [-0.4, -0.2) is 4.98 Å². The molecule has 0 radical (unpaired) electrons. The second-order valence-electron chi connectivity index (χ2n) is 9.28. The minimum atomic E-state index is -0.109. The molecule has 0 aliphatic rings. The molecule has 0 aliphatic carbocycles. The van der Waals surface area contributed by atoms with Gasteiger partial charge in [-0.2, -0.15) is 0 Å². The van der Waals surface area contributed by atoms with Gasteiger partial charge in [-0.05, 0) is 52.6 Å². The summed E-state index contributed by atoms with van der Waals surface area (Å²) >= 11 is 0. The first kappa shape index (κ1) is 20.4. The molecular formula is C32H25NO. The third-order valence-electron chi connectivity index (χ3n) is 6.86. The highest BCUT2D eigenvalue weighted by Crippen LogP contribution is 2.39. The highest BCUT2D eigenvalue weighted by Gasteiger charge is 2.24. The first-order chi connectivity index (χ1) is 16.6. The number of pyridine rings is 1. The van der Waals surface area contributed by atoms with E-state index in [1.807, 2.05) is 12.3 Å². The van der Waals surface area contributed by atoms with Gasteiger partial charge in [-0.25, -0.2) is 0 Å². The molecule has 0 spiro atoms. The molecule has 6 aromatic rings. The zero-order valence-electron chi connectivity index (χ0n) is 19.3. The van der Waals surface area contributed by atoms with Crippen molar-refractivity contribution in [2.24, 2.45) is 0 Å². The van der Waals surface area contributed by atoms with E-state index in [2.05, 4.69) is 117 Å². The first-order valence-corrected chi connectivity index (χ1v) is 11.6. The highest BCUT2D eigenvalue weighted by atomic mass is 16.3. The van der Waals surface area contributed by atoms with E-state index >= 15 is 0 Å². The molecular weight excluding hydrogens is 414 g/mol. The summed E-state index contributed by atoms with van der Waals surface area (Å²) in [6.45, 7) is 4.55. The third kappa shape index (κ3) is 3.39. The van der Waals surface area contributed by atoms with Crippen LogP contribution in [0.4, 0.5) is 0 Å². The maximum absolute atomic E-state index is 6.42. The van der Waals surface area contributed by atoms with Gasteiger partial charge < -0.3 is 4.42 Å².